The highest BCUT2D eigenvalue weighted by atomic mass is 16.5. The van der Waals surface area contributed by atoms with E-state index in [1.54, 1.807) is 0 Å². The largest absolute Gasteiger partial charge is 0.381 e. The summed E-state index contributed by atoms with van der Waals surface area (Å²) >= 11 is 0. The van der Waals surface area contributed by atoms with Crippen LogP contribution in [-0.4, -0.2) is 24.6 Å². The van der Waals surface area contributed by atoms with E-state index in [0.29, 0.717) is 5.92 Å². The van der Waals surface area contributed by atoms with Gasteiger partial charge in [0.15, 0.2) is 0 Å². The quantitative estimate of drug-likeness (QED) is 0.851. The van der Waals surface area contributed by atoms with Crippen molar-refractivity contribution in [3.63, 3.8) is 0 Å². The minimum atomic E-state index is -0.153. The lowest BCUT2D eigenvalue weighted by Crippen LogP contribution is -2.56. The summed E-state index contributed by atoms with van der Waals surface area (Å²) in [5.41, 5.74) is 4.70. The van der Waals surface area contributed by atoms with Gasteiger partial charge in [0.2, 0.25) is 0 Å². The van der Waals surface area contributed by atoms with Crippen LogP contribution in [0.25, 0.3) is 0 Å². The molecule has 0 amide bonds. The summed E-state index contributed by atoms with van der Waals surface area (Å²) in [5, 5.41) is 7.43. The van der Waals surface area contributed by atoms with E-state index in [2.05, 4.69) is 66.9 Å². The van der Waals surface area contributed by atoms with Crippen LogP contribution in [0.5, 0.6) is 0 Å². The van der Waals surface area contributed by atoms with Gasteiger partial charge in [0.25, 0.3) is 0 Å². The highest BCUT2D eigenvalue weighted by molar-refractivity contribution is 6.00. The molecule has 0 unspecified atom stereocenters. The molecule has 2 aromatic rings. The average Bonchev–Trinajstić information content (AvgIpc) is 2.67. The fourth-order valence-corrected chi connectivity index (χ4v) is 3.95. The maximum absolute atomic E-state index is 5.62. The van der Waals surface area contributed by atoms with Crippen molar-refractivity contribution in [1.82, 2.24) is 5.32 Å². The van der Waals surface area contributed by atoms with Crippen LogP contribution in [0, 0.1) is 0 Å². The zero-order chi connectivity index (χ0) is 18.0. The minimum Gasteiger partial charge on any atom is -0.381 e. The number of fused-ring (bicyclic) bond motifs is 1. The van der Waals surface area contributed by atoms with Gasteiger partial charge >= 0.3 is 0 Å². The summed E-state index contributed by atoms with van der Waals surface area (Å²) in [5.74, 6) is 1.55. The van der Waals surface area contributed by atoms with Gasteiger partial charge in [-0.05, 0) is 29.2 Å². The molecule has 2 aromatic carbocycles. The van der Waals surface area contributed by atoms with Crippen molar-refractivity contribution < 1.29 is 4.74 Å². The van der Waals surface area contributed by atoms with E-state index >= 15 is 0 Å². The van der Waals surface area contributed by atoms with Crippen LogP contribution < -0.4 is 10.6 Å². The van der Waals surface area contributed by atoms with Crippen molar-refractivity contribution in [2.75, 3.05) is 18.5 Å². The first kappa shape index (κ1) is 17.1. The van der Waals surface area contributed by atoms with Gasteiger partial charge in [-0.2, -0.15) is 0 Å². The van der Waals surface area contributed by atoms with E-state index in [1.165, 1.54) is 11.1 Å². The van der Waals surface area contributed by atoms with E-state index < -0.39 is 0 Å². The molecule has 2 heterocycles. The maximum atomic E-state index is 5.62. The van der Waals surface area contributed by atoms with Gasteiger partial charge in [-0.25, -0.2) is 4.99 Å². The molecule has 0 bridgehead atoms. The Labute approximate surface area is 155 Å². The van der Waals surface area contributed by atoms with Crippen LogP contribution in [-0.2, 0) is 11.3 Å². The Hall–Kier alpha value is -2.33. The third-order valence-corrected chi connectivity index (χ3v) is 5.43. The Bertz CT molecular complexity index is 807. The van der Waals surface area contributed by atoms with Gasteiger partial charge in [0.1, 0.15) is 5.84 Å². The zero-order valence-corrected chi connectivity index (χ0v) is 15.6. The summed E-state index contributed by atoms with van der Waals surface area (Å²) in [7, 11) is 0. The van der Waals surface area contributed by atoms with Crippen molar-refractivity contribution in [3.05, 3.63) is 59.7 Å². The van der Waals surface area contributed by atoms with Gasteiger partial charge in [0, 0.05) is 32.6 Å². The molecule has 1 saturated heterocycles. The van der Waals surface area contributed by atoms with Gasteiger partial charge in [-0.3, -0.25) is 0 Å². The Morgan fingerprint density at radius 3 is 2.62 bits per heavy atom. The number of nitrogens with zero attached hydrogens (tertiary/aromatic N) is 1. The predicted molar refractivity (Wildman–Crippen MR) is 107 cm³/mol. The molecule has 2 aliphatic rings. The molecule has 4 heteroatoms. The summed E-state index contributed by atoms with van der Waals surface area (Å²) in [6, 6.07) is 17.0. The molecule has 0 aliphatic carbocycles. The highest BCUT2D eigenvalue weighted by Crippen LogP contribution is 2.37. The Kier molecular flexibility index (Phi) is 4.68. The molecule has 26 heavy (non-hydrogen) atoms. The van der Waals surface area contributed by atoms with Crippen LogP contribution in [0.3, 0.4) is 0 Å². The van der Waals surface area contributed by atoms with Gasteiger partial charge in [-0.15, -0.1) is 0 Å². The Morgan fingerprint density at radius 2 is 1.81 bits per heavy atom. The SMILES string of the molecule is CC(C)c1ccccc1CNC1=Nc2ccccc2NC12CCOCC2. The monoisotopic (exact) mass is 349 g/mol. The molecule has 4 nitrogen and oxygen atoms in total. The maximum Gasteiger partial charge on any atom is 0.129 e. The van der Waals surface area contributed by atoms with Gasteiger partial charge in [0.05, 0.1) is 16.9 Å². The first-order valence-electron chi connectivity index (χ1n) is 9.54. The summed E-state index contributed by atoms with van der Waals surface area (Å²) < 4.78 is 5.62. The minimum absolute atomic E-state index is 0.153. The van der Waals surface area contributed by atoms with Gasteiger partial charge < -0.3 is 15.4 Å². The number of anilines is 1. The van der Waals surface area contributed by atoms with Crippen LogP contribution in [0.15, 0.2) is 53.5 Å². The third-order valence-electron chi connectivity index (χ3n) is 5.43. The number of ether oxygens (including phenoxy) is 1. The van der Waals surface area contributed by atoms with E-state index in [9.17, 15) is 0 Å². The second-order valence-electron chi connectivity index (χ2n) is 7.50. The topological polar surface area (TPSA) is 45.7 Å². The molecular formula is C22H27N3O. The molecule has 0 atom stereocenters. The molecule has 136 valence electrons. The lowest BCUT2D eigenvalue weighted by molar-refractivity contribution is 0.0771. The molecule has 0 radical (unpaired) electrons. The Morgan fingerprint density at radius 1 is 1.08 bits per heavy atom. The Balaban J connectivity index is 1.63. The lowest BCUT2D eigenvalue weighted by Gasteiger charge is -2.42. The van der Waals surface area contributed by atoms with Crippen LogP contribution in [0.1, 0.15) is 43.7 Å². The van der Waals surface area contributed by atoms with Crippen molar-refractivity contribution in [2.45, 2.75) is 44.7 Å². The molecule has 2 N–H and O–H groups in total. The van der Waals surface area contributed by atoms with E-state index in [0.717, 1.165) is 49.8 Å². The van der Waals surface area contributed by atoms with Crippen LogP contribution >= 0.6 is 0 Å². The molecule has 1 spiro atoms. The van der Waals surface area contributed by atoms with Gasteiger partial charge in [-0.1, -0.05) is 50.2 Å². The van der Waals surface area contributed by atoms with Crippen molar-refractivity contribution in [3.8, 4) is 0 Å². The molecule has 0 aromatic heterocycles. The zero-order valence-electron chi connectivity index (χ0n) is 15.6. The fraction of sp³-hybridized carbons (Fsp3) is 0.409. The lowest BCUT2D eigenvalue weighted by atomic mass is 9.86. The molecule has 4 rings (SSSR count). The number of hydrogen-bond donors (Lipinski definition) is 2. The first-order chi connectivity index (χ1) is 12.7. The standard InChI is InChI=1S/C22H27N3O/c1-16(2)18-8-4-3-7-17(18)15-23-21-22(11-13-26-14-12-22)25-20-10-6-5-9-19(20)24-21/h3-10,16,25H,11-15H2,1-2H3,(H,23,24). The number of amidine groups is 1. The predicted octanol–water partition coefficient (Wildman–Crippen LogP) is 4.60. The van der Waals surface area contributed by atoms with Crippen LogP contribution in [0.4, 0.5) is 11.4 Å². The average molecular weight is 349 g/mol. The highest BCUT2D eigenvalue weighted by Gasteiger charge is 2.40. The number of benzene rings is 2. The van der Waals surface area contributed by atoms with Crippen molar-refractivity contribution in [1.29, 1.82) is 0 Å². The third kappa shape index (κ3) is 3.21. The normalized spacial score (nSPS) is 18.2. The van der Waals surface area contributed by atoms with Crippen LogP contribution in [0.2, 0.25) is 0 Å². The fourth-order valence-electron chi connectivity index (χ4n) is 3.95. The number of nitrogens with one attached hydrogen (secondary N) is 2. The molecule has 2 aliphatic heterocycles. The van der Waals surface area contributed by atoms with Crippen molar-refractivity contribution in [2.24, 2.45) is 4.99 Å². The smallest absolute Gasteiger partial charge is 0.129 e. The van der Waals surface area contributed by atoms with E-state index in [4.69, 9.17) is 9.73 Å². The number of para-hydroxylation sites is 2. The first-order valence-corrected chi connectivity index (χ1v) is 9.54. The van der Waals surface area contributed by atoms with E-state index in [1.807, 2.05) is 6.07 Å². The summed E-state index contributed by atoms with van der Waals surface area (Å²) in [6.45, 7) is 6.81. The number of rotatable bonds is 3. The molecule has 1 fully saturated rings. The van der Waals surface area contributed by atoms with E-state index in [-0.39, 0.29) is 5.54 Å². The van der Waals surface area contributed by atoms with Crippen molar-refractivity contribution >= 4 is 17.2 Å². The number of hydrogen-bond acceptors (Lipinski definition) is 4. The number of aliphatic imine (C=N–C) groups is 1. The second kappa shape index (κ2) is 7.12. The molecular weight excluding hydrogens is 322 g/mol. The summed E-state index contributed by atoms with van der Waals surface area (Å²) in [4.78, 5) is 5.00. The summed E-state index contributed by atoms with van der Waals surface area (Å²) in [6.07, 6.45) is 1.86. The molecule has 0 saturated carbocycles. The second-order valence-corrected chi connectivity index (χ2v) is 7.50.